The van der Waals surface area contributed by atoms with Gasteiger partial charge in [0.05, 0.1) is 24.3 Å². The van der Waals surface area contributed by atoms with Gasteiger partial charge in [-0.2, -0.15) is 5.10 Å². The third-order valence-corrected chi connectivity index (χ3v) is 5.82. The lowest BCUT2D eigenvalue weighted by atomic mass is 10.2. The number of H-pyrrole nitrogens is 1. The Bertz CT molecular complexity index is 1730. The number of hydrogen-bond acceptors (Lipinski definition) is 10. The van der Waals surface area contributed by atoms with E-state index in [0.29, 0.717) is 24.6 Å². The fourth-order valence-electron chi connectivity index (χ4n) is 3.80. The number of esters is 2. The number of para-hydroxylation sites is 1. The molecule has 1 amide bonds. The Morgan fingerprint density at radius 1 is 0.891 bits per heavy atom. The second-order valence-corrected chi connectivity index (χ2v) is 9.12. The predicted octanol–water partition coefficient (Wildman–Crippen LogP) is 3.87. The summed E-state index contributed by atoms with van der Waals surface area (Å²) in [6, 6.07) is 17.3. The van der Waals surface area contributed by atoms with Crippen LogP contribution in [0, 0.1) is 5.82 Å². The summed E-state index contributed by atoms with van der Waals surface area (Å²) in [7, 11) is 0. The molecular weight excluding hydrogens is 603 g/mol. The van der Waals surface area contributed by atoms with Gasteiger partial charge in [-0.3, -0.25) is 19.0 Å². The van der Waals surface area contributed by atoms with E-state index < -0.39 is 29.6 Å². The summed E-state index contributed by atoms with van der Waals surface area (Å²) in [6.45, 7) is 6.48. The summed E-state index contributed by atoms with van der Waals surface area (Å²) in [5.41, 5.74) is 0.421. The zero-order valence-corrected chi connectivity index (χ0v) is 25.4. The molecule has 0 radical (unpaired) electrons. The number of pyridine rings is 1. The molecule has 46 heavy (non-hydrogen) atoms. The van der Waals surface area contributed by atoms with Crippen LogP contribution in [0.4, 0.5) is 10.1 Å². The maximum absolute atomic E-state index is 13.2. The molecule has 2 heterocycles. The number of amides is 1. The number of aromatic amines is 1. The monoisotopic (exact) mass is 636 g/mol. The topological polar surface area (TPSA) is 168 Å². The standard InChI is InChI=1S/C21H26N2O6.C11H7FN2O3/c1-4-27-20(28-5-2)13-18(24)22-16-8-7-9-17(12-16)23-14-15(10-11-19(23)25)21(26)29-6-3;12-7-3-1-2-4-9(7)17-11(16)8-5-6-10(15)14-13-8/h7-12,14,20H,4-6,13H2,1-3H3,(H,22,24);1-6H,(H,14,15). The van der Waals surface area contributed by atoms with Gasteiger partial charge in [-0.05, 0) is 63.2 Å². The van der Waals surface area contributed by atoms with Crippen molar-refractivity contribution >= 4 is 23.5 Å². The Labute approximate surface area is 262 Å². The number of anilines is 1. The molecule has 0 unspecified atom stereocenters. The number of nitrogens with one attached hydrogen (secondary N) is 2. The molecule has 4 rings (SSSR count). The van der Waals surface area contributed by atoms with Gasteiger partial charge in [-0.25, -0.2) is 19.1 Å². The van der Waals surface area contributed by atoms with Crippen molar-refractivity contribution in [2.45, 2.75) is 33.5 Å². The lowest BCUT2D eigenvalue weighted by molar-refractivity contribution is -0.150. The number of aromatic nitrogens is 3. The summed E-state index contributed by atoms with van der Waals surface area (Å²) in [4.78, 5) is 58.7. The maximum atomic E-state index is 13.2. The highest BCUT2D eigenvalue weighted by molar-refractivity contribution is 5.91. The van der Waals surface area contributed by atoms with E-state index in [1.54, 1.807) is 31.2 Å². The highest BCUT2D eigenvalue weighted by atomic mass is 19.1. The van der Waals surface area contributed by atoms with Crippen LogP contribution in [0.25, 0.3) is 5.69 Å². The van der Waals surface area contributed by atoms with Crippen LogP contribution in [0.3, 0.4) is 0 Å². The first-order valence-corrected chi connectivity index (χ1v) is 14.2. The molecule has 2 aromatic carbocycles. The molecule has 2 aromatic heterocycles. The van der Waals surface area contributed by atoms with Crippen LogP contribution >= 0.6 is 0 Å². The van der Waals surface area contributed by atoms with Crippen molar-refractivity contribution in [3.05, 3.63) is 117 Å². The first-order valence-electron chi connectivity index (χ1n) is 14.2. The van der Waals surface area contributed by atoms with Crippen molar-refractivity contribution in [2.75, 3.05) is 25.1 Å². The van der Waals surface area contributed by atoms with Gasteiger partial charge < -0.3 is 24.3 Å². The molecule has 0 aliphatic carbocycles. The van der Waals surface area contributed by atoms with E-state index >= 15 is 0 Å². The van der Waals surface area contributed by atoms with Crippen LogP contribution < -0.4 is 21.2 Å². The van der Waals surface area contributed by atoms with Crippen LogP contribution in [0.5, 0.6) is 5.75 Å². The quantitative estimate of drug-likeness (QED) is 0.132. The summed E-state index contributed by atoms with van der Waals surface area (Å²) in [5.74, 6) is -2.47. The normalized spacial score (nSPS) is 10.5. The first kappa shape index (κ1) is 35.0. The second kappa shape index (κ2) is 17.7. The molecule has 0 bridgehead atoms. The molecule has 4 aromatic rings. The van der Waals surface area contributed by atoms with Gasteiger partial charge in [0.1, 0.15) is 0 Å². The third kappa shape index (κ3) is 10.6. The number of benzene rings is 2. The molecule has 0 fully saturated rings. The van der Waals surface area contributed by atoms with E-state index in [1.807, 2.05) is 13.8 Å². The molecular formula is C32H33FN4O9. The maximum Gasteiger partial charge on any atom is 0.364 e. The number of halogens is 1. The van der Waals surface area contributed by atoms with Crippen LogP contribution in [-0.4, -0.2) is 58.7 Å². The van der Waals surface area contributed by atoms with Gasteiger partial charge in [0, 0.05) is 37.2 Å². The van der Waals surface area contributed by atoms with E-state index in [4.69, 9.17) is 18.9 Å². The third-order valence-electron chi connectivity index (χ3n) is 5.82. The summed E-state index contributed by atoms with van der Waals surface area (Å²) in [5, 5.41) is 8.32. The van der Waals surface area contributed by atoms with E-state index in [1.165, 1.54) is 53.2 Å². The highest BCUT2D eigenvalue weighted by Crippen LogP contribution is 2.17. The number of carbonyl (C=O) groups is 3. The smallest absolute Gasteiger partial charge is 0.364 e. The van der Waals surface area contributed by atoms with Gasteiger partial charge >= 0.3 is 11.9 Å². The number of ether oxygens (including phenoxy) is 4. The Kier molecular flexibility index (Phi) is 13.5. The lowest BCUT2D eigenvalue weighted by Gasteiger charge is -2.16. The van der Waals surface area contributed by atoms with E-state index in [0.717, 1.165) is 6.07 Å². The molecule has 242 valence electrons. The zero-order chi connectivity index (χ0) is 33.5. The average Bonchev–Trinajstić information content (AvgIpc) is 3.03. The highest BCUT2D eigenvalue weighted by Gasteiger charge is 2.15. The minimum Gasteiger partial charge on any atom is -0.462 e. The minimum atomic E-state index is -0.841. The molecule has 13 nitrogen and oxygen atoms in total. The van der Waals surface area contributed by atoms with E-state index in [2.05, 4.69) is 15.5 Å². The molecule has 14 heteroatoms. The number of nitrogens with zero attached hydrogens (tertiary/aromatic N) is 2. The Hall–Kier alpha value is -5.47. The molecule has 0 aliphatic rings. The number of carbonyl (C=O) groups excluding carboxylic acids is 3. The van der Waals surface area contributed by atoms with Crippen molar-refractivity contribution in [2.24, 2.45) is 0 Å². The molecule has 0 saturated carbocycles. The van der Waals surface area contributed by atoms with Crippen molar-refractivity contribution < 1.29 is 37.7 Å². The van der Waals surface area contributed by atoms with Crippen molar-refractivity contribution in [1.29, 1.82) is 0 Å². The van der Waals surface area contributed by atoms with Crippen molar-refractivity contribution in [1.82, 2.24) is 14.8 Å². The van der Waals surface area contributed by atoms with Gasteiger partial charge in [0.2, 0.25) is 5.91 Å². The second-order valence-electron chi connectivity index (χ2n) is 9.12. The molecule has 0 spiro atoms. The number of hydrogen-bond donors (Lipinski definition) is 2. The van der Waals surface area contributed by atoms with Gasteiger partial charge in [0.15, 0.2) is 23.6 Å². The molecule has 2 N–H and O–H groups in total. The van der Waals surface area contributed by atoms with Crippen molar-refractivity contribution in [3.63, 3.8) is 0 Å². The molecule has 0 aliphatic heterocycles. The minimum absolute atomic E-state index is 0.0458. The van der Waals surface area contributed by atoms with Crippen molar-refractivity contribution in [3.8, 4) is 11.4 Å². The van der Waals surface area contributed by atoms with Gasteiger partial charge in [0.25, 0.3) is 11.1 Å². The zero-order valence-electron chi connectivity index (χ0n) is 25.4. The first-order chi connectivity index (χ1) is 22.1. The Morgan fingerprint density at radius 3 is 2.28 bits per heavy atom. The van der Waals surface area contributed by atoms with Gasteiger partial charge in [-0.15, -0.1) is 0 Å². The summed E-state index contributed by atoms with van der Waals surface area (Å²) in [6.07, 6.45) is 0.850. The average molecular weight is 637 g/mol. The van der Waals surface area contributed by atoms with E-state index in [9.17, 15) is 28.4 Å². The van der Waals surface area contributed by atoms with E-state index in [-0.39, 0.29) is 41.5 Å². The van der Waals surface area contributed by atoms with Crippen LogP contribution in [0.1, 0.15) is 48.0 Å². The number of rotatable bonds is 12. The SMILES string of the molecule is CCOC(=O)c1ccc(=O)n(-c2cccc(NC(=O)CC(OCC)OCC)c2)c1.O=C(Oc1ccccc1F)c1ccc(=O)[nH]n1. The Balaban J connectivity index is 0.000000286. The Morgan fingerprint density at radius 2 is 1.63 bits per heavy atom. The fourth-order valence-corrected chi connectivity index (χ4v) is 3.80. The van der Waals surface area contributed by atoms with Gasteiger partial charge in [-0.1, -0.05) is 18.2 Å². The predicted molar refractivity (Wildman–Crippen MR) is 164 cm³/mol. The molecule has 0 atom stereocenters. The fraction of sp³-hybridized carbons (Fsp3) is 0.250. The van der Waals surface area contributed by atoms with Crippen LogP contribution in [0.2, 0.25) is 0 Å². The summed E-state index contributed by atoms with van der Waals surface area (Å²) >= 11 is 0. The van der Waals surface area contributed by atoms with Crippen LogP contribution in [0.15, 0.2) is 88.6 Å². The summed E-state index contributed by atoms with van der Waals surface area (Å²) < 4.78 is 35.0. The van der Waals surface area contributed by atoms with Crippen LogP contribution in [-0.2, 0) is 19.0 Å². The lowest BCUT2D eigenvalue weighted by Crippen LogP contribution is -2.25. The largest absolute Gasteiger partial charge is 0.462 e. The molecule has 0 saturated heterocycles.